The number of nitrogens with one attached hydrogen (secondary N) is 1. The van der Waals surface area contributed by atoms with E-state index >= 15 is 0 Å². The number of aryl methyl sites for hydroxylation is 1. The summed E-state index contributed by atoms with van der Waals surface area (Å²) in [4.78, 5) is 0. The summed E-state index contributed by atoms with van der Waals surface area (Å²) in [7, 11) is 0. The van der Waals surface area contributed by atoms with Crippen molar-refractivity contribution in [2.75, 3.05) is 6.54 Å². The van der Waals surface area contributed by atoms with Crippen LogP contribution in [0, 0.1) is 6.92 Å². The molecule has 84 valence electrons. The first-order valence-corrected chi connectivity index (χ1v) is 5.61. The summed E-state index contributed by atoms with van der Waals surface area (Å²) >= 11 is 0. The van der Waals surface area contributed by atoms with Gasteiger partial charge in [0.25, 0.3) is 0 Å². The van der Waals surface area contributed by atoms with Gasteiger partial charge in [-0.15, -0.1) is 0 Å². The van der Waals surface area contributed by atoms with Crippen molar-refractivity contribution in [1.29, 1.82) is 0 Å². The van der Waals surface area contributed by atoms with Crippen LogP contribution in [-0.4, -0.2) is 16.3 Å². The number of hydrogen-bond donors (Lipinski definition) is 1. The molecular weight excluding hydrogens is 198 g/mol. The maximum Gasteiger partial charge on any atom is 0.0648 e. The van der Waals surface area contributed by atoms with Crippen LogP contribution in [0.25, 0.3) is 5.69 Å². The predicted molar refractivity (Wildman–Crippen MR) is 65.7 cm³/mol. The molecule has 0 aliphatic carbocycles. The molecule has 1 aromatic heterocycles. The molecule has 0 saturated heterocycles. The fourth-order valence-electron chi connectivity index (χ4n) is 1.70. The van der Waals surface area contributed by atoms with Crippen LogP contribution >= 0.6 is 0 Å². The molecule has 2 rings (SSSR count). The van der Waals surface area contributed by atoms with Crippen LogP contribution < -0.4 is 5.32 Å². The van der Waals surface area contributed by atoms with E-state index in [2.05, 4.69) is 42.5 Å². The quantitative estimate of drug-likeness (QED) is 0.848. The van der Waals surface area contributed by atoms with Crippen LogP contribution in [0.4, 0.5) is 0 Å². The molecule has 0 spiro atoms. The van der Waals surface area contributed by atoms with Crippen LogP contribution in [0.2, 0.25) is 0 Å². The van der Waals surface area contributed by atoms with Gasteiger partial charge in [-0.2, -0.15) is 5.10 Å². The topological polar surface area (TPSA) is 29.9 Å². The Morgan fingerprint density at radius 3 is 2.88 bits per heavy atom. The summed E-state index contributed by atoms with van der Waals surface area (Å²) < 4.78 is 1.88. The highest BCUT2D eigenvalue weighted by Gasteiger charge is 2.01. The standard InChI is InChI=1S/C13H17N3/c1-3-14-10-12-5-6-13(9-11(12)2)16-8-4-7-15-16/h4-9,14H,3,10H2,1-2H3. The maximum atomic E-state index is 4.22. The molecule has 1 N–H and O–H groups in total. The zero-order chi connectivity index (χ0) is 11.4. The van der Waals surface area contributed by atoms with E-state index in [1.807, 2.05) is 16.9 Å². The normalized spacial score (nSPS) is 10.6. The maximum absolute atomic E-state index is 4.22. The van der Waals surface area contributed by atoms with Crippen LogP contribution in [0.15, 0.2) is 36.7 Å². The minimum absolute atomic E-state index is 0.932. The van der Waals surface area contributed by atoms with E-state index in [9.17, 15) is 0 Å². The van der Waals surface area contributed by atoms with Crippen molar-refractivity contribution >= 4 is 0 Å². The van der Waals surface area contributed by atoms with E-state index in [1.54, 1.807) is 6.20 Å². The van der Waals surface area contributed by atoms with E-state index in [0.717, 1.165) is 18.8 Å². The Hall–Kier alpha value is -1.61. The minimum Gasteiger partial charge on any atom is -0.313 e. The Morgan fingerprint density at radius 1 is 1.38 bits per heavy atom. The van der Waals surface area contributed by atoms with Gasteiger partial charge in [-0.1, -0.05) is 13.0 Å². The van der Waals surface area contributed by atoms with E-state index in [4.69, 9.17) is 0 Å². The zero-order valence-electron chi connectivity index (χ0n) is 9.77. The predicted octanol–water partition coefficient (Wildman–Crippen LogP) is 2.29. The molecule has 0 unspecified atom stereocenters. The summed E-state index contributed by atoms with van der Waals surface area (Å²) in [6.07, 6.45) is 3.75. The van der Waals surface area contributed by atoms with Crippen molar-refractivity contribution in [2.24, 2.45) is 0 Å². The summed E-state index contributed by atoms with van der Waals surface area (Å²) in [5.74, 6) is 0. The van der Waals surface area contributed by atoms with Crippen LogP contribution in [0.3, 0.4) is 0 Å². The summed E-state index contributed by atoms with van der Waals surface area (Å²) in [5.41, 5.74) is 3.76. The van der Waals surface area contributed by atoms with Crippen molar-refractivity contribution in [1.82, 2.24) is 15.1 Å². The fraction of sp³-hybridized carbons (Fsp3) is 0.308. The molecule has 2 aromatic rings. The zero-order valence-corrected chi connectivity index (χ0v) is 9.77. The lowest BCUT2D eigenvalue weighted by molar-refractivity contribution is 0.723. The third-order valence-corrected chi connectivity index (χ3v) is 2.66. The van der Waals surface area contributed by atoms with Crippen LogP contribution in [0.1, 0.15) is 18.1 Å². The molecular formula is C13H17N3. The van der Waals surface area contributed by atoms with Gasteiger partial charge in [0.2, 0.25) is 0 Å². The lowest BCUT2D eigenvalue weighted by Crippen LogP contribution is -2.12. The van der Waals surface area contributed by atoms with E-state index in [0.29, 0.717) is 0 Å². The monoisotopic (exact) mass is 215 g/mol. The molecule has 1 heterocycles. The largest absolute Gasteiger partial charge is 0.313 e. The molecule has 0 amide bonds. The Kier molecular flexibility index (Phi) is 3.37. The van der Waals surface area contributed by atoms with Crippen LogP contribution in [0.5, 0.6) is 0 Å². The number of hydrogen-bond acceptors (Lipinski definition) is 2. The van der Waals surface area contributed by atoms with Gasteiger partial charge in [-0.05, 0) is 42.8 Å². The molecule has 0 aliphatic rings. The molecule has 3 nitrogen and oxygen atoms in total. The highest BCUT2D eigenvalue weighted by molar-refractivity contribution is 5.39. The number of aromatic nitrogens is 2. The summed E-state index contributed by atoms with van der Waals surface area (Å²) in [5, 5.41) is 7.56. The molecule has 0 atom stereocenters. The van der Waals surface area contributed by atoms with Gasteiger partial charge in [0.05, 0.1) is 5.69 Å². The third-order valence-electron chi connectivity index (χ3n) is 2.66. The first kappa shape index (κ1) is 10.9. The van der Waals surface area contributed by atoms with E-state index < -0.39 is 0 Å². The molecule has 0 bridgehead atoms. The summed E-state index contributed by atoms with van der Waals surface area (Å²) in [6, 6.07) is 8.36. The van der Waals surface area contributed by atoms with Gasteiger partial charge in [-0.3, -0.25) is 0 Å². The second kappa shape index (κ2) is 4.94. The van der Waals surface area contributed by atoms with Gasteiger partial charge in [0.1, 0.15) is 0 Å². The number of rotatable bonds is 4. The molecule has 3 heteroatoms. The molecule has 0 radical (unpaired) electrons. The lowest BCUT2D eigenvalue weighted by atomic mass is 10.1. The SMILES string of the molecule is CCNCc1ccc(-n2cccn2)cc1C. The lowest BCUT2D eigenvalue weighted by Gasteiger charge is -2.09. The Bertz CT molecular complexity index is 446. The van der Waals surface area contributed by atoms with Gasteiger partial charge in [0, 0.05) is 18.9 Å². The van der Waals surface area contributed by atoms with Gasteiger partial charge < -0.3 is 5.32 Å². The Balaban J connectivity index is 2.23. The molecule has 0 aliphatic heterocycles. The molecule has 0 saturated carbocycles. The second-order valence-corrected chi connectivity index (χ2v) is 3.84. The first-order valence-electron chi connectivity index (χ1n) is 5.61. The molecule has 1 aromatic carbocycles. The first-order chi connectivity index (χ1) is 7.81. The van der Waals surface area contributed by atoms with Crippen molar-refractivity contribution in [3.63, 3.8) is 0 Å². The minimum atomic E-state index is 0.932. The average Bonchev–Trinajstić information content (AvgIpc) is 2.81. The highest BCUT2D eigenvalue weighted by atomic mass is 15.3. The Morgan fingerprint density at radius 2 is 2.25 bits per heavy atom. The van der Waals surface area contributed by atoms with Crippen molar-refractivity contribution < 1.29 is 0 Å². The summed E-state index contributed by atoms with van der Waals surface area (Å²) in [6.45, 7) is 6.19. The number of benzene rings is 1. The van der Waals surface area contributed by atoms with E-state index in [1.165, 1.54) is 11.1 Å². The van der Waals surface area contributed by atoms with Crippen molar-refractivity contribution in [3.05, 3.63) is 47.8 Å². The number of nitrogens with zero attached hydrogens (tertiary/aromatic N) is 2. The van der Waals surface area contributed by atoms with Gasteiger partial charge in [0.15, 0.2) is 0 Å². The van der Waals surface area contributed by atoms with Crippen molar-refractivity contribution in [2.45, 2.75) is 20.4 Å². The Labute approximate surface area is 96.1 Å². The van der Waals surface area contributed by atoms with Crippen molar-refractivity contribution in [3.8, 4) is 5.69 Å². The molecule has 0 fully saturated rings. The molecule has 16 heavy (non-hydrogen) atoms. The fourth-order valence-corrected chi connectivity index (χ4v) is 1.70. The van der Waals surface area contributed by atoms with Gasteiger partial charge >= 0.3 is 0 Å². The second-order valence-electron chi connectivity index (χ2n) is 3.84. The van der Waals surface area contributed by atoms with E-state index in [-0.39, 0.29) is 0 Å². The average molecular weight is 215 g/mol. The smallest absolute Gasteiger partial charge is 0.0648 e. The highest BCUT2D eigenvalue weighted by Crippen LogP contribution is 2.13. The van der Waals surface area contributed by atoms with Gasteiger partial charge in [-0.25, -0.2) is 4.68 Å². The van der Waals surface area contributed by atoms with Crippen LogP contribution in [-0.2, 0) is 6.54 Å². The third kappa shape index (κ3) is 2.31.